The predicted octanol–water partition coefficient (Wildman–Crippen LogP) is 3.76. The molecule has 0 aliphatic rings. The first-order chi connectivity index (χ1) is 13.0. The highest BCUT2D eigenvalue weighted by Gasteiger charge is 2.20. The molecule has 0 saturated heterocycles. The molecule has 0 aromatic heterocycles. The van der Waals surface area contributed by atoms with Gasteiger partial charge in [0.15, 0.2) is 5.96 Å². The number of hydrogen-bond donors (Lipinski definition) is 2. The minimum absolute atomic E-state index is 0.149. The van der Waals surface area contributed by atoms with E-state index in [4.69, 9.17) is 0 Å². The molecule has 0 fully saturated rings. The van der Waals surface area contributed by atoms with Crippen LogP contribution in [0.2, 0.25) is 0 Å². The fraction of sp³-hybridized carbons (Fsp3) is 0.682. The van der Waals surface area contributed by atoms with E-state index in [1.165, 1.54) is 17.4 Å². The third kappa shape index (κ3) is 10.7. The van der Waals surface area contributed by atoms with Crippen molar-refractivity contribution in [1.82, 2.24) is 10.6 Å². The number of nitrogens with zero attached hydrogens (tertiary/aromatic N) is 1. The monoisotopic (exact) mass is 409 g/mol. The first-order valence-electron chi connectivity index (χ1n) is 10.3. The zero-order valence-corrected chi connectivity index (χ0v) is 19.3. The minimum atomic E-state index is -2.94. The molecule has 0 bridgehead atoms. The van der Waals surface area contributed by atoms with Gasteiger partial charge < -0.3 is 10.6 Å². The summed E-state index contributed by atoms with van der Waals surface area (Å²) in [5.41, 5.74) is 2.58. The van der Waals surface area contributed by atoms with E-state index in [-0.39, 0.29) is 11.2 Å². The Morgan fingerprint density at radius 3 is 2.32 bits per heavy atom. The van der Waals surface area contributed by atoms with E-state index in [1.54, 1.807) is 0 Å². The fourth-order valence-corrected chi connectivity index (χ4v) is 3.67. The van der Waals surface area contributed by atoms with Gasteiger partial charge in [0.2, 0.25) is 0 Å². The Morgan fingerprint density at radius 2 is 1.79 bits per heavy atom. The molecule has 28 heavy (non-hydrogen) atoms. The maximum atomic E-state index is 11.4. The van der Waals surface area contributed by atoms with Gasteiger partial charge in [-0.15, -0.1) is 0 Å². The van der Waals surface area contributed by atoms with Gasteiger partial charge in [-0.3, -0.25) is 4.99 Å². The van der Waals surface area contributed by atoms with Crippen molar-refractivity contribution in [3.63, 3.8) is 0 Å². The number of aryl methyl sites for hydroxylation is 1. The highest BCUT2D eigenvalue weighted by atomic mass is 32.2. The van der Waals surface area contributed by atoms with Crippen LogP contribution in [0.4, 0.5) is 0 Å². The van der Waals surface area contributed by atoms with Gasteiger partial charge in [-0.1, -0.05) is 52.0 Å². The van der Waals surface area contributed by atoms with Crippen LogP contribution in [0.1, 0.15) is 64.5 Å². The summed E-state index contributed by atoms with van der Waals surface area (Å²) in [7, 11) is -2.94. The van der Waals surface area contributed by atoms with Gasteiger partial charge in [-0.25, -0.2) is 8.42 Å². The summed E-state index contributed by atoms with van der Waals surface area (Å²) in [5.74, 6) is 1.57. The lowest BCUT2D eigenvalue weighted by Gasteiger charge is -2.22. The van der Waals surface area contributed by atoms with Crippen molar-refractivity contribution < 1.29 is 8.42 Å². The van der Waals surface area contributed by atoms with Crippen molar-refractivity contribution >= 4 is 15.8 Å². The van der Waals surface area contributed by atoms with Crippen molar-refractivity contribution in [3.8, 4) is 0 Å². The van der Waals surface area contributed by atoms with E-state index < -0.39 is 9.84 Å². The molecule has 0 amide bonds. The molecule has 160 valence electrons. The topological polar surface area (TPSA) is 70.6 Å². The Kier molecular flexibility index (Phi) is 10.0. The molecule has 0 radical (unpaired) electrons. The summed E-state index contributed by atoms with van der Waals surface area (Å²) in [6, 6.07) is 8.88. The number of sulfone groups is 1. The first-order valence-corrected chi connectivity index (χ1v) is 12.4. The second-order valence-electron chi connectivity index (χ2n) is 8.67. The van der Waals surface area contributed by atoms with Gasteiger partial charge in [0, 0.05) is 25.9 Å². The molecular weight excluding hydrogens is 370 g/mol. The summed E-state index contributed by atoms with van der Waals surface area (Å²) >= 11 is 0. The molecular formula is C22H39N3O2S. The highest BCUT2D eigenvalue weighted by Crippen LogP contribution is 2.21. The summed E-state index contributed by atoms with van der Waals surface area (Å²) < 4.78 is 22.8. The van der Waals surface area contributed by atoms with Gasteiger partial charge in [-0.2, -0.15) is 0 Å². The Bertz CT molecular complexity index is 708. The molecule has 1 aromatic carbocycles. The third-order valence-electron chi connectivity index (χ3n) is 4.74. The van der Waals surface area contributed by atoms with Crippen LogP contribution >= 0.6 is 0 Å². The zero-order chi connectivity index (χ0) is 21.2. The van der Waals surface area contributed by atoms with Crippen LogP contribution in [-0.4, -0.2) is 46.0 Å². The number of hydrogen-bond acceptors (Lipinski definition) is 3. The maximum Gasteiger partial charge on any atom is 0.191 e. The molecule has 0 saturated carbocycles. The molecule has 0 unspecified atom stereocenters. The molecule has 2 N–H and O–H groups in total. The molecule has 0 aliphatic carbocycles. The number of benzene rings is 1. The Hall–Kier alpha value is -1.56. The molecule has 0 atom stereocenters. The van der Waals surface area contributed by atoms with Gasteiger partial charge in [0.1, 0.15) is 9.84 Å². The van der Waals surface area contributed by atoms with E-state index in [0.717, 1.165) is 31.9 Å². The van der Waals surface area contributed by atoms with Gasteiger partial charge in [-0.05, 0) is 48.6 Å². The number of guanidine groups is 1. The number of nitrogens with one attached hydrogen (secondary N) is 2. The second-order valence-corrected chi connectivity index (χ2v) is 10.9. The third-order valence-corrected chi connectivity index (χ3v) is 5.69. The summed E-state index contributed by atoms with van der Waals surface area (Å²) in [6.45, 7) is 12.8. The van der Waals surface area contributed by atoms with Crippen molar-refractivity contribution in [2.24, 2.45) is 10.4 Å². The molecule has 0 heterocycles. The summed E-state index contributed by atoms with van der Waals surface area (Å²) in [5, 5.41) is 6.65. The second kappa shape index (κ2) is 11.4. The van der Waals surface area contributed by atoms with Crippen LogP contribution in [0.5, 0.6) is 0 Å². The van der Waals surface area contributed by atoms with Gasteiger partial charge >= 0.3 is 0 Å². The van der Waals surface area contributed by atoms with E-state index >= 15 is 0 Å². The van der Waals surface area contributed by atoms with Gasteiger partial charge in [0.25, 0.3) is 0 Å². The lowest BCUT2D eigenvalue weighted by Crippen LogP contribution is -2.38. The van der Waals surface area contributed by atoms with Crippen LogP contribution in [0.3, 0.4) is 0 Å². The molecule has 5 nitrogen and oxygen atoms in total. The van der Waals surface area contributed by atoms with Gasteiger partial charge in [0.05, 0.1) is 5.75 Å². The molecule has 0 spiro atoms. The van der Waals surface area contributed by atoms with Crippen molar-refractivity contribution in [1.29, 1.82) is 0 Å². The maximum absolute atomic E-state index is 11.4. The standard InChI is InChI=1S/C22H39N3O2S/c1-7-23-21(25-17-22(4,5)14-16-28(6,26)27)24-15-8-9-19-10-12-20(13-11-19)18(2)3/h10-13,18H,7-9,14-17H2,1-6H3,(H2,23,24,25). The Balaban J connectivity index is 2.47. The van der Waals surface area contributed by atoms with E-state index in [2.05, 4.69) is 67.6 Å². The zero-order valence-electron chi connectivity index (χ0n) is 18.5. The summed E-state index contributed by atoms with van der Waals surface area (Å²) in [6.07, 6.45) is 3.96. The van der Waals surface area contributed by atoms with E-state index in [9.17, 15) is 8.42 Å². The SMILES string of the molecule is CCNC(=NCC(C)(C)CCS(C)(=O)=O)NCCCc1ccc(C(C)C)cc1. The highest BCUT2D eigenvalue weighted by molar-refractivity contribution is 7.90. The molecule has 0 aliphatic heterocycles. The van der Waals surface area contributed by atoms with Crippen LogP contribution in [0.25, 0.3) is 0 Å². The molecule has 6 heteroatoms. The fourth-order valence-electron chi connectivity index (χ4n) is 2.74. The van der Waals surface area contributed by atoms with Crippen LogP contribution in [0, 0.1) is 5.41 Å². The number of rotatable bonds is 11. The lowest BCUT2D eigenvalue weighted by atomic mass is 9.90. The smallest absolute Gasteiger partial charge is 0.191 e. The normalized spacial score (nSPS) is 13.0. The van der Waals surface area contributed by atoms with Crippen molar-refractivity contribution in [3.05, 3.63) is 35.4 Å². The first kappa shape index (κ1) is 24.5. The Labute approximate surface area is 172 Å². The largest absolute Gasteiger partial charge is 0.357 e. The van der Waals surface area contributed by atoms with E-state index in [0.29, 0.717) is 18.9 Å². The Morgan fingerprint density at radius 1 is 1.14 bits per heavy atom. The van der Waals surface area contributed by atoms with E-state index in [1.807, 2.05) is 6.92 Å². The molecule has 1 aromatic rings. The number of aliphatic imine (C=N–C) groups is 1. The van der Waals surface area contributed by atoms with Crippen LogP contribution in [-0.2, 0) is 16.3 Å². The predicted molar refractivity (Wildman–Crippen MR) is 121 cm³/mol. The van der Waals surface area contributed by atoms with Crippen molar-refractivity contribution in [2.45, 2.75) is 59.8 Å². The lowest BCUT2D eigenvalue weighted by molar-refractivity contribution is 0.365. The quantitative estimate of drug-likeness (QED) is 0.332. The molecule has 1 rings (SSSR count). The van der Waals surface area contributed by atoms with Crippen LogP contribution in [0.15, 0.2) is 29.3 Å². The van der Waals surface area contributed by atoms with Crippen molar-refractivity contribution in [2.75, 3.05) is 31.6 Å². The summed E-state index contributed by atoms with van der Waals surface area (Å²) in [4.78, 5) is 4.66. The average molecular weight is 410 g/mol. The average Bonchev–Trinajstić information content (AvgIpc) is 2.61. The van der Waals surface area contributed by atoms with Crippen LogP contribution < -0.4 is 10.6 Å². The minimum Gasteiger partial charge on any atom is -0.357 e.